The smallest absolute Gasteiger partial charge is 0.175 e. The zero-order valence-electron chi connectivity index (χ0n) is 19.4. The average molecular weight is 460 g/mol. The number of benzene rings is 2. The van der Waals surface area contributed by atoms with Gasteiger partial charge in [0, 0.05) is 35.8 Å². The van der Waals surface area contributed by atoms with E-state index in [1.807, 2.05) is 31.2 Å². The first-order valence-corrected chi connectivity index (χ1v) is 12.5. The lowest BCUT2D eigenvalue weighted by Crippen LogP contribution is -2.17. The largest absolute Gasteiger partial charge is 0.376 e. The van der Waals surface area contributed by atoms with Gasteiger partial charge in [-0.3, -0.25) is 9.36 Å². The molecule has 33 heavy (non-hydrogen) atoms. The van der Waals surface area contributed by atoms with E-state index in [0.717, 1.165) is 64.8 Å². The van der Waals surface area contributed by atoms with Crippen molar-refractivity contribution >= 4 is 28.6 Å². The van der Waals surface area contributed by atoms with Crippen LogP contribution in [0, 0.1) is 20.8 Å². The van der Waals surface area contributed by atoms with Crippen LogP contribution >= 0.6 is 11.8 Å². The summed E-state index contributed by atoms with van der Waals surface area (Å²) in [5, 5.41) is 0.835. The van der Waals surface area contributed by atoms with Crippen LogP contribution in [0.1, 0.15) is 40.2 Å². The fourth-order valence-corrected chi connectivity index (χ4v) is 5.52. The molecule has 1 atom stereocenters. The minimum absolute atomic E-state index is 0.134. The summed E-state index contributed by atoms with van der Waals surface area (Å²) in [5.74, 6) is 0.480. The highest BCUT2D eigenvalue weighted by Gasteiger charge is 2.22. The molecule has 0 saturated carbocycles. The normalized spacial score (nSPS) is 16.0. The summed E-state index contributed by atoms with van der Waals surface area (Å²) in [7, 11) is 0. The number of ketones is 1. The van der Waals surface area contributed by atoms with E-state index in [1.165, 1.54) is 17.3 Å². The monoisotopic (exact) mass is 459 g/mol. The van der Waals surface area contributed by atoms with Gasteiger partial charge in [0.15, 0.2) is 10.9 Å². The van der Waals surface area contributed by atoms with Crippen molar-refractivity contribution in [1.29, 1.82) is 0 Å². The van der Waals surface area contributed by atoms with Crippen molar-refractivity contribution in [2.24, 2.45) is 0 Å². The van der Waals surface area contributed by atoms with Gasteiger partial charge in [0.1, 0.15) is 0 Å². The lowest BCUT2D eigenvalue weighted by atomic mass is 10.2. The number of nitrogens with zero attached hydrogens (tertiary/aromatic N) is 3. The molecule has 1 saturated heterocycles. The molecular formula is C27H29N3O2S. The standard InChI is InChI=1S/C27H29N3O2S/c1-18-10-12-21(13-11-18)30-25-9-5-4-8-24(25)28-27(30)33-17-26(31)23-15-19(2)29(20(23)3)16-22-7-6-14-32-22/h4-5,8-13,15,22H,6-7,14,16-17H2,1-3H3. The number of thioether (sulfide) groups is 1. The van der Waals surface area contributed by atoms with Crippen molar-refractivity contribution in [3.63, 3.8) is 0 Å². The molecule has 1 fully saturated rings. The molecule has 1 aliphatic rings. The summed E-state index contributed by atoms with van der Waals surface area (Å²) >= 11 is 1.50. The van der Waals surface area contributed by atoms with Crippen molar-refractivity contribution in [2.45, 2.75) is 51.4 Å². The van der Waals surface area contributed by atoms with Crippen LogP contribution in [0.3, 0.4) is 0 Å². The van der Waals surface area contributed by atoms with Gasteiger partial charge in [-0.2, -0.15) is 0 Å². The van der Waals surface area contributed by atoms with Crippen LogP contribution in [0.2, 0.25) is 0 Å². The Morgan fingerprint density at radius 3 is 2.67 bits per heavy atom. The maximum Gasteiger partial charge on any atom is 0.175 e. The average Bonchev–Trinajstić information content (AvgIpc) is 3.53. The number of carbonyl (C=O) groups excluding carboxylic acids is 1. The number of ether oxygens (including phenoxy) is 1. The van der Waals surface area contributed by atoms with Gasteiger partial charge in [-0.05, 0) is 63.9 Å². The number of hydrogen-bond acceptors (Lipinski definition) is 4. The summed E-state index contributed by atoms with van der Waals surface area (Å²) in [6.45, 7) is 7.86. The number of aryl methyl sites for hydroxylation is 2. The van der Waals surface area contributed by atoms with Gasteiger partial charge in [-0.15, -0.1) is 0 Å². The fourth-order valence-electron chi connectivity index (χ4n) is 4.61. The topological polar surface area (TPSA) is 49.0 Å². The number of imidazole rings is 1. The zero-order valence-corrected chi connectivity index (χ0v) is 20.2. The van der Waals surface area contributed by atoms with Crippen LogP contribution in [0.4, 0.5) is 0 Å². The van der Waals surface area contributed by atoms with E-state index in [9.17, 15) is 4.79 Å². The van der Waals surface area contributed by atoms with E-state index in [-0.39, 0.29) is 11.9 Å². The summed E-state index contributed by atoms with van der Waals surface area (Å²) < 4.78 is 10.2. The highest BCUT2D eigenvalue weighted by molar-refractivity contribution is 7.99. The third-order valence-corrected chi connectivity index (χ3v) is 7.38. The number of rotatable bonds is 7. The predicted octanol–water partition coefficient (Wildman–Crippen LogP) is 5.91. The van der Waals surface area contributed by atoms with E-state index < -0.39 is 0 Å². The van der Waals surface area contributed by atoms with Crippen molar-refractivity contribution in [2.75, 3.05) is 12.4 Å². The molecule has 2 aromatic heterocycles. The first-order chi connectivity index (χ1) is 16.0. The maximum absolute atomic E-state index is 13.2. The number of hydrogen-bond donors (Lipinski definition) is 0. The van der Waals surface area contributed by atoms with E-state index in [1.54, 1.807) is 0 Å². The number of fused-ring (bicyclic) bond motifs is 1. The van der Waals surface area contributed by atoms with Gasteiger partial charge in [0.05, 0.1) is 22.9 Å². The third kappa shape index (κ3) is 4.37. The number of para-hydroxylation sites is 2. The summed E-state index contributed by atoms with van der Waals surface area (Å²) in [6, 6.07) is 18.6. The van der Waals surface area contributed by atoms with Crippen molar-refractivity contribution in [3.8, 4) is 5.69 Å². The molecule has 0 radical (unpaired) electrons. The molecular weight excluding hydrogens is 430 g/mol. The van der Waals surface area contributed by atoms with Gasteiger partial charge in [-0.1, -0.05) is 41.6 Å². The molecule has 0 spiro atoms. The Bertz CT molecular complexity index is 1300. The van der Waals surface area contributed by atoms with E-state index in [4.69, 9.17) is 9.72 Å². The molecule has 0 amide bonds. The molecule has 1 unspecified atom stereocenters. The quantitative estimate of drug-likeness (QED) is 0.255. The van der Waals surface area contributed by atoms with Crippen LogP contribution < -0.4 is 0 Å². The second-order valence-electron chi connectivity index (χ2n) is 8.80. The van der Waals surface area contributed by atoms with E-state index >= 15 is 0 Å². The molecule has 170 valence electrons. The first kappa shape index (κ1) is 22.0. The number of aromatic nitrogens is 3. The Balaban J connectivity index is 1.40. The molecule has 4 aromatic rings. The SMILES string of the molecule is Cc1ccc(-n2c(SCC(=O)c3cc(C)n(CC4CCCO4)c3C)nc3ccccc32)cc1. The molecule has 0 aliphatic carbocycles. The molecule has 0 bridgehead atoms. The lowest BCUT2D eigenvalue weighted by molar-refractivity contribution is 0.0957. The molecule has 5 nitrogen and oxygen atoms in total. The Morgan fingerprint density at radius 1 is 1.12 bits per heavy atom. The Morgan fingerprint density at radius 2 is 1.91 bits per heavy atom. The van der Waals surface area contributed by atoms with Crippen LogP contribution in [0.5, 0.6) is 0 Å². The van der Waals surface area contributed by atoms with Crippen LogP contribution in [0.25, 0.3) is 16.7 Å². The molecule has 2 aromatic carbocycles. The van der Waals surface area contributed by atoms with Crippen LogP contribution in [-0.4, -0.2) is 38.4 Å². The summed E-state index contributed by atoms with van der Waals surface area (Å²) in [4.78, 5) is 18.1. The molecule has 6 heteroatoms. The highest BCUT2D eigenvalue weighted by atomic mass is 32.2. The van der Waals surface area contributed by atoms with E-state index in [2.05, 4.69) is 53.3 Å². The molecule has 1 aliphatic heterocycles. The number of carbonyl (C=O) groups is 1. The van der Waals surface area contributed by atoms with Crippen LogP contribution in [0.15, 0.2) is 59.8 Å². The lowest BCUT2D eigenvalue weighted by Gasteiger charge is -2.14. The second-order valence-corrected chi connectivity index (χ2v) is 9.74. The molecule has 3 heterocycles. The van der Waals surface area contributed by atoms with Gasteiger partial charge < -0.3 is 9.30 Å². The Labute approximate surface area is 198 Å². The summed E-state index contributed by atoms with van der Waals surface area (Å²) in [6.07, 6.45) is 2.46. The number of Topliss-reactive ketones (excluding diaryl/α,β-unsaturated/α-hetero) is 1. The third-order valence-electron chi connectivity index (χ3n) is 6.44. The summed E-state index contributed by atoms with van der Waals surface area (Å²) in [5.41, 5.74) is 7.19. The van der Waals surface area contributed by atoms with Gasteiger partial charge in [0.25, 0.3) is 0 Å². The fraction of sp³-hybridized carbons (Fsp3) is 0.333. The minimum Gasteiger partial charge on any atom is -0.376 e. The van der Waals surface area contributed by atoms with Crippen molar-refractivity contribution in [3.05, 3.63) is 77.1 Å². The molecule has 0 N–H and O–H groups in total. The first-order valence-electron chi connectivity index (χ1n) is 11.5. The van der Waals surface area contributed by atoms with Gasteiger partial charge in [-0.25, -0.2) is 4.98 Å². The van der Waals surface area contributed by atoms with Crippen molar-refractivity contribution < 1.29 is 9.53 Å². The Kier molecular flexibility index (Phi) is 6.13. The van der Waals surface area contributed by atoms with Crippen LogP contribution in [-0.2, 0) is 11.3 Å². The van der Waals surface area contributed by atoms with Gasteiger partial charge >= 0.3 is 0 Å². The molecule has 5 rings (SSSR count). The zero-order chi connectivity index (χ0) is 22.9. The van der Waals surface area contributed by atoms with E-state index in [0.29, 0.717) is 5.75 Å². The highest BCUT2D eigenvalue weighted by Crippen LogP contribution is 2.29. The minimum atomic E-state index is 0.134. The van der Waals surface area contributed by atoms with Gasteiger partial charge in [0.2, 0.25) is 0 Å². The maximum atomic E-state index is 13.2. The second kappa shape index (κ2) is 9.20. The Hall–Kier alpha value is -2.83. The van der Waals surface area contributed by atoms with Crippen molar-refractivity contribution in [1.82, 2.24) is 14.1 Å². The predicted molar refractivity (Wildman–Crippen MR) is 134 cm³/mol.